The largest absolute Gasteiger partial charge is 0.324 e. The second-order valence-electron chi connectivity index (χ2n) is 7.27. The van der Waals surface area contributed by atoms with Crippen LogP contribution in [0.25, 0.3) is 0 Å². The van der Waals surface area contributed by atoms with Gasteiger partial charge in [-0.25, -0.2) is 8.42 Å². The minimum absolute atomic E-state index is 0.102. The number of aliphatic imine (C=N–C) groups is 1. The predicted octanol–water partition coefficient (Wildman–Crippen LogP) is 3.23. The minimum atomic E-state index is -3.73. The second-order valence-corrected chi connectivity index (χ2v) is 9.97. The van der Waals surface area contributed by atoms with Gasteiger partial charge in [0.05, 0.1) is 16.3 Å². The minimum Gasteiger partial charge on any atom is -0.324 e. The summed E-state index contributed by atoms with van der Waals surface area (Å²) in [7, 11) is -3.73. The van der Waals surface area contributed by atoms with Crippen LogP contribution in [0, 0.1) is 0 Å². The molecule has 0 spiro atoms. The van der Waals surface area contributed by atoms with E-state index in [0.717, 1.165) is 24.2 Å². The molecule has 3 N–H and O–H groups in total. The molecular formula is C21H22N4O4S2. The Balaban J connectivity index is 1.43. The number of amides is 2. The van der Waals surface area contributed by atoms with Crippen LogP contribution in [0.15, 0.2) is 57.2 Å². The maximum absolute atomic E-state index is 12.6. The van der Waals surface area contributed by atoms with Gasteiger partial charge < -0.3 is 10.6 Å². The number of anilines is 2. The molecule has 0 fully saturated rings. The van der Waals surface area contributed by atoms with Crippen molar-refractivity contribution in [3.63, 3.8) is 0 Å². The van der Waals surface area contributed by atoms with Gasteiger partial charge in [0.1, 0.15) is 5.84 Å². The summed E-state index contributed by atoms with van der Waals surface area (Å²) in [5.41, 5.74) is 1.47. The van der Waals surface area contributed by atoms with Crippen LogP contribution in [0.4, 0.5) is 11.4 Å². The fourth-order valence-corrected chi connectivity index (χ4v) is 5.19. The number of hydrogen-bond acceptors (Lipinski definition) is 6. The quantitative estimate of drug-likeness (QED) is 0.650. The van der Waals surface area contributed by atoms with Crippen molar-refractivity contribution in [3.8, 4) is 0 Å². The van der Waals surface area contributed by atoms with Crippen molar-refractivity contribution in [3.05, 3.63) is 48.0 Å². The standard InChI is InChI=1S/C21H22N4O4S2/c26-20-13-30-18-10-5-14(12-17(18)24-20)21(27)23-15-6-8-16(9-7-15)31(28,29)25-19-4-2-1-3-11-22-19/h5-10,12H,1-4,11,13H2,(H,22,25)(H,23,27)(H,24,26). The lowest BCUT2D eigenvalue weighted by Crippen LogP contribution is -2.30. The van der Waals surface area contributed by atoms with Crippen molar-refractivity contribution in [1.29, 1.82) is 0 Å². The number of nitrogens with zero attached hydrogens (tertiary/aromatic N) is 1. The molecule has 0 unspecified atom stereocenters. The van der Waals surface area contributed by atoms with Crippen LogP contribution < -0.4 is 15.4 Å². The maximum Gasteiger partial charge on any atom is 0.262 e. The SMILES string of the molecule is O=C1CSc2ccc(C(=O)Nc3ccc(S(=O)(=O)NC4=NCCCCC4)cc3)cc2N1. The highest BCUT2D eigenvalue weighted by Gasteiger charge is 2.19. The normalized spacial score (nSPS) is 16.4. The lowest BCUT2D eigenvalue weighted by molar-refractivity contribution is -0.113. The van der Waals surface area contributed by atoms with Gasteiger partial charge in [-0.1, -0.05) is 6.42 Å². The molecule has 31 heavy (non-hydrogen) atoms. The molecule has 2 aliphatic heterocycles. The van der Waals surface area contributed by atoms with Gasteiger partial charge in [0, 0.05) is 29.1 Å². The first kappa shape index (κ1) is 21.4. The Labute approximate surface area is 185 Å². The number of hydrogen-bond donors (Lipinski definition) is 3. The Morgan fingerprint density at radius 3 is 2.68 bits per heavy atom. The van der Waals surface area contributed by atoms with Gasteiger partial charge in [-0.15, -0.1) is 11.8 Å². The summed E-state index contributed by atoms with van der Waals surface area (Å²) in [6.07, 6.45) is 3.54. The van der Waals surface area contributed by atoms with E-state index in [9.17, 15) is 18.0 Å². The first-order valence-corrected chi connectivity index (χ1v) is 12.4. The Kier molecular flexibility index (Phi) is 6.28. The van der Waals surface area contributed by atoms with E-state index in [0.29, 0.717) is 41.5 Å². The highest BCUT2D eigenvalue weighted by atomic mass is 32.2. The molecule has 0 aromatic heterocycles. The van der Waals surface area contributed by atoms with Crippen molar-refractivity contribution in [2.45, 2.75) is 35.5 Å². The summed E-state index contributed by atoms with van der Waals surface area (Å²) >= 11 is 1.42. The smallest absolute Gasteiger partial charge is 0.262 e. The highest BCUT2D eigenvalue weighted by Crippen LogP contribution is 2.32. The summed E-state index contributed by atoms with van der Waals surface area (Å²) in [6, 6.07) is 11.1. The number of fused-ring (bicyclic) bond motifs is 1. The molecule has 0 saturated heterocycles. The van der Waals surface area contributed by atoms with E-state index in [1.807, 2.05) is 0 Å². The van der Waals surface area contributed by atoms with E-state index in [2.05, 4.69) is 20.3 Å². The monoisotopic (exact) mass is 458 g/mol. The van der Waals surface area contributed by atoms with E-state index in [-0.39, 0.29) is 16.7 Å². The zero-order valence-corrected chi connectivity index (χ0v) is 18.3. The number of carbonyl (C=O) groups is 2. The van der Waals surface area contributed by atoms with Gasteiger partial charge in [-0.2, -0.15) is 0 Å². The lowest BCUT2D eigenvalue weighted by atomic mass is 10.1. The molecule has 0 aliphatic carbocycles. The van der Waals surface area contributed by atoms with Crippen molar-refractivity contribution in [2.75, 3.05) is 22.9 Å². The third kappa shape index (κ3) is 5.26. The summed E-state index contributed by atoms with van der Waals surface area (Å²) in [4.78, 5) is 29.5. The van der Waals surface area contributed by atoms with Gasteiger partial charge in [-0.05, 0) is 55.3 Å². The molecule has 2 aromatic rings. The third-order valence-electron chi connectivity index (χ3n) is 4.92. The molecule has 2 amide bonds. The molecule has 2 aliphatic rings. The summed E-state index contributed by atoms with van der Waals surface area (Å²) in [5, 5.41) is 5.50. The summed E-state index contributed by atoms with van der Waals surface area (Å²) in [6.45, 7) is 0.633. The Morgan fingerprint density at radius 1 is 1.06 bits per heavy atom. The van der Waals surface area contributed by atoms with E-state index >= 15 is 0 Å². The van der Waals surface area contributed by atoms with Crippen LogP contribution in [0.1, 0.15) is 36.0 Å². The fraction of sp³-hybridized carbons (Fsp3) is 0.286. The zero-order valence-electron chi connectivity index (χ0n) is 16.7. The molecule has 10 heteroatoms. The van der Waals surface area contributed by atoms with Crippen molar-refractivity contribution in [2.24, 2.45) is 4.99 Å². The molecule has 162 valence electrons. The first-order valence-electron chi connectivity index (χ1n) is 9.95. The molecule has 0 saturated carbocycles. The molecule has 8 nitrogen and oxygen atoms in total. The maximum atomic E-state index is 12.6. The molecule has 0 bridgehead atoms. The number of amidine groups is 1. The van der Waals surface area contributed by atoms with Crippen LogP contribution in [0.3, 0.4) is 0 Å². The van der Waals surface area contributed by atoms with Gasteiger partial charge in [0.15, 0.2) is 0 Å². The fourth-order valence-electron chi connectivity index (χ4n) is 3.32. The molecule has 2 heterocycles. The number of nitrogens with one attached hydrogen (secondary N) is 3. The lowest BCUT2D eigenvalue weighted by Gasteiger charge is -2.17. The number of thioether (sulfide) groups is 1. The highest BCUT2D eigenvalue weighted by molar-refractivity contribution is 8.00. The summed E-state index contributed by atoms with van der Waals surface area (Å²) < 4.78 is 27.8. The van der Waals surface area contributed by atoms with Gasteiger partial charge in [0.25, 0.3) is 15.9 Å². The Morgan fingerprint density at radius 2 is 1.87 bits per heavy atom. The Bertz CT molecular complexity index is 1140. The Hall–Kier alpha value is -2.85. The van der Waals surface area contributed by atoms with Crippen molar-refractivity contribution >= 4 is 50.8 Å². The third-order valence-corrected chi connectivity index (χ3v) is 7.39. The van der Waals surface area contributed by atoms with E-state index < -0.39 is 10.0 Å². The van der Waals surface area contributed by atoms with Crippen LogP contribution in [-0.2, 0) is 14.8 Å². The van der Waals surface area contributed by atoms with Crippen LogP contribution in [0.2, 0.25) is 0 Å². The number of rotatable bonds is 4. The van der Waals surface area contributed by atoms with Crippen LogP contribution >= 0.6 is 11.8 Å². The molecular weight excluding hydrogens is 436 g/mol. The van der Waals surface area contributed by atoms with Gasteiger partial charge in [0.2, 0.25) is 5.91 Å². The first-order chi connectivity index (χ1) is 14.9. The van der Waals surface area contributed by atoms with E-state index in [1.54, 1.807) is 18.2 Å². The van der Waals surface area contributed by atoms with E-state index in [4.69, 9.17) is 0 Å². The molecule has 4 rings (SSSR count). The molecule has 0 atom stereocenters. The number of benzene rings is 2. The predicted molar refractivity (Wildman–Crippen MR) is 121 cm³/mol. The molecule has 2 aromatic carbocycles. The van der Waals surface area contributed by atoms with Gasteiger partial charge in [-0.3, -0.25) is 19.3 Å². The number of carbonyl (C=O) groups excluding carboxylic acids is 2. The topological polar surface area (TPSA) is 117 Å². The van der Waals surface area contributed by atoms with Crippen LogP contribution in [-0.4, -0.2) is 38.4 Å². The molecule has 0 radical (unpaired) electrons. The second kappa shape index (κ2) is 9.11. The van der Waals surface area contributed by atoms with E-state index in [1.165, 1.54) is 36.0 Å². The average Bonchev–Trinajstić information content (AvgIpc) is 3.01. The average molecular weight is 459 g/mol. The van der Waals surface area contributed by atoms with Crippen LogP contribution in [0.5, 0.6) is 0 Å². The number of sulfonamides is 1. The zero-order chi connectivity index (χ0) is 21.8. The summed E-state index contributed by atoms with van der Waals surface area (Å²) in [5.74, 6) is 0.396. The van der Waals surface area contributed by atoms with Crippen molar-refractivity contribution in [1.82, 2.24) is 4.72 Å². The van der Waals surface area contributed by atoms with Gasteiger partial charge >= 0.3 is 0 Å². The van der Waals surface area contributed by atoms with Crippen molar-refractivity contribution < 1.29 is 18.0 Å².